The molecule has 12 N–H and O–H groups in total. The monoisotopic (exact) mass is 1190 g/mol. The number of amides is 1. The van der Waals surface area contributed by atoms with Crippen LogP contribution >= 0.6 is 0 Å². The first-order chi connectivity index (χ1) is 40.8. The van der Waals surface area contributed by atoms with Gasteiger partial charge in [-0.25, -0.2) is 0 Å². The Hall–Kier alpha value is -3.29. The van der Waals surface area contributed by atoms with Crippen molar-refractivity contribution in [1.29, 1.82) is 0 Å². The van der Waals surface area contributed by atoms with Crippen LogP contribution in [0.25, 0.3) is 0 Å². The molecular weight excluding hydrogens is 1080 g/mol. The summed E-state index contributed by atoms with van der Waals surface area (Å²) in [5.74, 6) is -0.301. The summed E-state index contributed by atoms with van der Waals surface area (Å²) in [6.45, 7) is 1.53. The van der Waals surface area contributed by atoms with Gasteiger partial charge in [0.25, 0.3) is 0 Å². The van der Waals surface area contributed by atoms with E-state index in [1.54, 1.807) is 6.08 Å². The first-order valence-electron chi connectivity index (χ1n) is 31.5. The number of aliphatic hydroxyl groups is 11. The average molecular weight is 1190 g/mol. The van der Waals surface area contributed by atoms with E-state index < -0.39 is 124 Å². The number of hydrogen-bond donors (Lipinski definition) is 12. The Morgan fingerprint density at radius 1 is 0.440 bits per heavy atom. The van der Waals surface area contributed by atoms with E-state index in [0.717, 1.165) is 103 Å². The minimum Gasteiger partial charge on any atom is -0.394 e. The molecule has 17 unspecified atom stereocenters. The lowest BCUT2D eigenvalue weighted by atomic mass is 9.96. The highest BCUT2D eigenvalue weighted by atomic mass is 16.8. The highest BCUT2D eigenvalue weighted by Crippen LogP contribution is 2.33. The lowest BCUT2D eigenvalue weighted by Gasteiger charge is -2.48. The van der Waals surface area contributed by atoms with E-state index in [1.165, 1.54) is 38.5 Å². The molecule has 19 nitrogen and oxygen atoms in total. The van der Waals surface area contributed by atoms with E-state index >= 15 is 0 Å². The molecule has 84 heavy (non-hydrogen) atoms. The van der Waals surface area contributed by atoms with Crippen molar-refractivity contribution in [3.05, 3.63) is 97.2 Å². The van der Waals surface area contributed by atoms with Crippen LogP contribution in [-0.2, 0) is 33.2 Å². The number of rotatable bonds is 45. The Balaban J connectivity index is 1.45. The summed E-state index contributed by atoms with van der Waals surface area (Å²) >= 11 is 0. The molecule has 3 saturated heterocycles. The second kappa shape index (κ2) is 46.8. The molecule has 0 bridgehead atoms. The quantitative estimate of drug-likeness (QED) is 0.0228. The lowest BCUT2D eigenvalue weighted by molar-refractivity contribution is -0.379. The second-order valence-corrected chi connectivity index (χ2v) is 22.1. The maximum Gasteiger partial charge on any atom is 0.220 e. The molecule has 3 heterocycles. The van der Waals surface area contributed by atoms with Gasteiger partial charge in [-0.1, -0.05) is 182 Å². The fourth-order valence-corrected chi connectivity index (χ4v) is 9.97. The maximum absolute atomic E-state index is 13.3. The number of aliphatic hydroxyl groups excluding tert-OH is 11. The summed E-state index contributed by atoms with van der Waals surface area (Å²) in [7, 11) is 0. The number of hydrogen-bond acceptors (Lipinski definition) is 18. The predicted octanol–water partition coefficient (Wildman–Crippen LogP) is 6.54. The molecule has 0 aromatic heterocycles. The third-order valence-electron chi connectivity index (χ3n) is 15.1. The Bertz CT molecular complexity index is 1910. The van der Waals surface area contributed by atoms with Crippen LogP contribution in [0.5, 0.6) is 0 Å². The molecule has 19 heteroatoms. The minimum atomic E-state index is -1.99. The van der Waals surface area contributed by atoms with Crippen LogP contribution in [0.1, 0.15) is 174 Å². The van der Waals surface area contributed by atoms with Gasteiger partial charge in [-0.05, 0) is 83.5 Å². The van der Waals surface area contributed by atoms with E-state index in [-0.39, 0.29) is 18.9 Å². The fraction of sp³-hybridized carbons (Fsp3) is 0.738. The van der Waals surface area contributed by atoms with Crippen molar-refractivity contribution in [2.45, 2.75) is 279 Å². The third-order valence-corrected chi connectivity index (χ3v) is 15.1. The zero-order valence-electron chi connectivity index (χ0n) is 50.3. The molecule has 3 aliphatic rings. The van der Waals surface area contributed by atoms with Crippen LogP contribution in [-0.4, -0.2) is 193 Å². The molecular formula is C65H109NO18. The standard InChI is InChI=1S/C65H109NO18/c1-3-5-7-9-11-13-15-17-18-19-20-21-22-23-24-25-26-27-28-29-30-31-33-35-37-39-41-43-53(71)66-48(49(70)42-40-38-36-34-32-16-14-12-10-8-6-4-2)47-79-63-59(77)56(74)61(51(45-68)81-63)84-65-60(78)57(75)62(52(46-69)82-65)83-64-58(76)55(73)54(72)50(44-67)80-64/h5,7,11,13,17-18,20-21,23-24,26-27,32,34,40,42,48-52,54-65,67-70,72-78H,3-4,6,8-10,12,14-16,19,22,25,28-31,33,35-39,41,43-47H2,1-2H3,(H,66,71)/b7-5-,13-11-,18-17-,21-20-,24-23-,27-26-,34-32+,42-40+. The van der Waals surface area contributed by atoms with Crippen LogP contribution in [0, 0.1) is 0 Å². The lowest BCUT2D eigenvalue weighted by Crippen LogP contribution is -2.66. The maximum atomic E-state index is 13.3. The van der Waals surface area contributed by atoms with Crippen molar-refractivity contribution < 1.29 is 89.4 Å². The Morgan fingerprint density at radius 3 is 1.33 bits per heavy atom. The van der Waals surface area contributed by atoms with Gasteiger partial charge in [0.05, 0.1) is 38.6 Å². The molecule has 482 valence electrons. The highest BCUT2D eigenvalue weighted by Gasteiger charge is 2.53. The van der Waals surface area contributed by atoms with E-state index in [4.69, 9.17) is 28.4 Å². The minimum absolute atomic E-state index is 0.219. The van der Waals surface area contributed by atoms with Gasteiger partial charge in [0.15, 0.2) is 18.9 Å². The van der Waals surface area contributed by atoms with Crippen LogP contribution in [0.4, 0.5) is 0 Å². The second-order valence-electron chi connectivity index (χ2n) is 22.1. The number of allylic oxidation sites excluding steroid dienone is 15. The third kappa shape index (κ3) is 29.6. The van der Waals surface area contributed by atoms with E-state index in [2.05, 4.69) is 104 Å². The average Bonchev–Trinajstić information content (AvgIpc) is 2.98. The zero-order valence-corrected chi connectivity index (χ0v) is 50.3. The summed E-state index contributed by atoms with van der Waals surface area (Å²) in [6, 6.07) is -1.000. The Labute approximate surface area is 501 Å². The van der Waals surface area contributed by atoms with Crippen molar-refractivity contribution in [2.75, 3.05) is 26.4 Å². The van der Waals surface area contributed by atoms with Crippen LogP contribution < -0.4 is 5.32 Å². The van der Waals surface area contributed by atoms with E-state index in [9.17, 15) is 61.0 Å². The summed E-state index contributed by atoms with van der Waals surface area (Å²) in [6.07, 6.45) is 32.5. The van der Waals surface area contributed by atoms with Gasteiger partial charge in [0, 0.05) is 6.42 Å². The number of unbranched alkanes of at least 4 members (excludes halogenated alkanes) is 15. The van der Waals surface area contributed by atoms with Crippen LogP contribution in [0.2, 0.25) is 0 Å². The summed E-state index contributed by atoms with van der Waals surface area (Å²) in [5.41, 5.74) is 0. The van der Waals surface area contributed by atoms with Gasteiger partial charge in [0.2, 0.25) is 5.91 Å². The molecule has 0 radical (unpaired) electrons. The number of nitrogens with one attached hydrogen (secondary N) is 1. The molecule has 3 rings (SSSR count). The molecule has 0 aromatic carbocycles. The number of carbonyl (C=O) groups excluding carboxylic acids is 1. The summed E-state index contributed by atoms with van der Waals surface area (Å²) < 4.78 is 34.2. The Kier molecular flexibility index (Phi) is 41.8. The zero-order chi connectivity index (χ0) is 61.2. The molecule has 0 spiro atoms. The molecule has 1 amide bonds. The van der Waals surface area contributed by atoms with Crippen molar-refractivity contribution in [1.82, 2.24) is 5.32 Å². The topological polar surface area (TPSA) is 307 Å². The Morgan fingerprint density at radius 2 is 0.833 bits per heavy atom. The summed E-state index contributed by atoms with van der Waals surface area (Å²) in [4.78, 5) is 13.3. The molecule has 3 aliphatic heterocycles. The first kappa shape index (κ1) is 75.0. The number of carbonyl (C=O) groups is 1. The molecule has 0 aromatic rings. The van der Waals surface area contributed by atoms with E-state index in [1.807, 2.05) is 6.08 Å². The smallest absolute Gasteiger partial charge is 0.220 e. The van der Waals surface area contributed by atoms with E-state index in [0.29, 0.717) is 12.8 Å². The predicted molar refractivity (Wildman–Crippen MR) is 323 cm³/mol. The normalized spacial score (nSPS) is 29.8. The van der Waals surface area contributed by atoms with Crippen LogP contribution in [0.3, 0.4) is 0 Å². The number of ether oxygens (including phenoxy) is 6. The van der Waals surface area contributed by atoms with Gasteiger partial charge < -0.3 is 89.9 Å². The summed E-state index contributed by atoms with van der Waals surface area (Å²) in [5, 5.41) is 120. The van der Waals surface area contributed by atoms with Gasteiger partial charge in [-0.3, -0.25) is 4.79 Å². The first-order valence-corrected chi connectivity index (χ1v) is 31.5. The van der Waals surface area contributed by atoms with Crippen LogP contribution in [0.15, 0.2) is 97.2 Å². The molecule has 3 fully saturated rings. The largest absolute Gasteiger partial charge is 0.394 e. The van der Waals surface area contributed by atoms with Crippen molar-refractivity contribution >= 4 is 5.91 Å². The van der Waals surface area contributed by atoms with Crippen molar-refractivity contribution in [2.24, 2.45) is 0 Å². The molecule has 0 saturated carbocycles. The molecule has 17 atom stereocenters. The van der Waals surface area contributed by atoms with Crippen molar-refractivity contribution in [3.8, 4) is 0 Å². The van der Waals surface area contributed by atoms with Crippen molar-refractivity contribution in [3.63, 3.8) is 0 Å². The van der Waals surface area contributed by atoms with Gasteiger partial charge in [-0.15, -0.1) is 0 Å². The highest BCUT2D eigenvalue weighted by molar-refractivity contribution is 5.76. The van der Waals surface area contributed by atoms with Gasteiger partial charge >= 0.3 is 0 Å². The SMILES string of the molecule is CC/C=C\C/C=C\C/C=C\C/C=C\C/C=C\C/C=C\CCCCCCCCCCC(=O)NC(COC1OC(CO)C(OC2OC(CO)C(OC3OC(CO)C(O)C(O)C3O)C(O)C2O)C(O)C1O)C(O)/C=C/CC/C=C/CCCCCCCC. The fourth-order valence-electron chi connectivity index (χ4n) is 9.97. The molecule has 0 aliphatic carbocycles. The van der Waals surface area contributed by atoms with Gasteiger partial charge in [0.1, 0.15) is 73.2 Å². The van der Waals surface area contributed by atoms with Gasteiger partial charge in [-0.2, -0.15) is 0 Å².